The number of ether oxygens (including phenoxy) is 1. The van der Waals surface area contributed by atoms with Gasteiger partial charge < -0.3 is 14.5 Å². The molecule has 0 fully saturated rings. The zero-order valence-electron chi connectivity index (χ0n) is 18.0. The second-order valence-electron chi connectivity index (χ2n) is 7.49. The lowest BCUT2D eigenvalue weighted by Gasteiger charge is -2.14. The number of anilines is 1. The zero-order valence-corrected chi connectivity index (χ0v) is 19.5. The average molecular weight is 486 g/mol. The maximum absolute atomic E-state index is 12.9. The topological polar surface area (TPSA) is 92.9 Å². The van der Waals surface area contributed by atoms with E-state index in [9.17, 15) is 9.59 Å². The zero-order chi connectivity index (χ0) is 23.5. The van der Waals surface area contributed by atoms with Crippen LogP contribution in [0.3, 0.4) is 0 Å². The Kier molecular flexibility index (Phi) is 6.72. The summed E-state index contributed by atoms with van der Waals surface area (Å²) in [4.78, 5) is 25.5. The first kappa shape index (κ1) is 22.9. The van der Waals surface area contributed by atoms with Crippen molar-refractivity contribution >= 4 is 46.4 Å². The SMILES string of the molecule is COc1ccccc1C(=O)N/N=C1\CCCc2oc(C(=O)Nc3ccc(Cl)cc3Cl)c(C)c21. The Balaban J connectivity index is 1.58. The number of carbonyl (C=O) groups is 2. The van der Waals surface area contributed by atoms with Gasteiger partial charge in [-0.15, -0.1) is 0 Å². The van der Waals surface area contributed by atoms with E-state index in [4.69, 9.17) is 32.4 Å². The lowest BCUT2D eigenvalue weighted by atomic mass is 9.93. The van der Waals surface area contributed by atoms with E-state index < -0.39 is 5.91 Å². The molecule has 7 nitrogen and oxygen atoms in total. The quantitative estimate of drug-likeness (QED) is 0.458. The van der Waals surface area contributed by atoms with Crippen molar-refractivity contribution in [2.45, 2.75) is 26.2 Å². The highest BCUT2D eigenvalue weighted by Gasteiger charge is 2.28. The summed E-state index contributed by atoms with van der Waals surface area (Å²) < 4.78 is 11.1. The number of amides is 2. The molecule has 9 heteroatoms. The number of furan rings is 1. The van der Waals surface area contributed by atoms with Crippen molar-refractivity contribution in [2.75, 3.05) is 12.4 Å². The molecule has 2 amide bonds. The van der Waals surface area contributed by atoms with E-state index in [0.29, 0.717) is 56.9 Å². The molecule has 3 aromatic rings. The maximum atomic E-state index is 12.9. The van der Waals surface area contributed by atoms with Crippen molar-refractivity contribution in [1.29, 1.82) is 0 Å². The molecule has 4 rings (SSSR count). The summed E-state index contributed by atoms with van der Waals surface area (Å²) in [6, 6.07) is 11.7. The predicted octanol–water partition coefficient (Wildman–Crippen LogP) is 5.63. The number of hydrazone groups is 1. The van der Waals surface area contributed by atoms with Crippen LogP contribution < -0.4 is 15.5 Å². The number of halogens is 2. The standard InChI is InChI=1S/C24H21Cl2N3O4/c1-13-21-18(28-29-23(30)15-6-3-4-8-19(15)32-2)7-5-9-20(21)33-22(13)24(31)27-17-11-10-14(25)12-16(17)26/h3-4,6,8,10-12H,5,7,9H2,1-2H3,(H,27,31)(H,29,30)/b28-18+. The van der Waals surface area contributed by atoms with Crippen molar-refractivity contribution in [1.82, 2.24) is 5.43 Å². The molecule has 1 heterocycles. The molecule has 2 aromatic carbocycles. The first-order chi connectivity index (χ1) is 15.9. The van der Waals surface area contributed by atoms with Gasteiger partial charge in [-0.25, -0.2) is 5.43 Å². The van der Waals surface area contributed by atoms with Crippen molar-refractivity contribution < 1.29 is 18.7 Å². The first-order valence-corrected chi connectivity index (χ1v) is 11.0. The van der Waals surface area contributed by atoms with Gasteiger partial charge >= 0.3 is 0 Å². The number of rotatable bonds is 5. The van der Waals surface area contributed by atoms with E-state index in [0.717, 1.165) is 12.0 Å². The highest BCUT2D eigenvalue weighted by Crippen LogP contribution is 2.31. The minimum absolute atomic E-state index is 0.177. The van der Waals surface area contributed by atoms with E-state index in [2.05, 4.69) is 15.8 Å². The van der Waals surface area contributed by atoms with E-state index in [1.807, 2.05) is 0 Å². The van der Waals surface area contributed by atoms with Crippen LogP contribution in [0.5, 0.6) is 5.75 Å². The third-order valence-corrected chi connectivity index (χ3v) is 5.90. The highest BCUT2D eigenvalue weighted by atomic mass is 35.5. The fourth-order valence-corrected chi connectivity index (χ4v) is 4.23. The number of carbonyl (C=O) groups excluding carboxylic acids is 2. The third-order valence-electron chi connectivity index (χ3n) is 5.36. The number of aryl methyl sites for hydroxylation is 1. The van der Waals surface area contributed by atoms with Gasteiger partial charge in [-0.1, -0.05) is 35.3 Å². The molecule has 0 aliphatic heterocycles. The summed E-state index contributed by atoms with van der Waals surface area (Å²) in [5.41, 5.74) is 5.46. The average Bonchev–Trinajstić information content (AvgIpc) is 3.16. The van der Waals surface area contributed by atoms with Crippen LogP contribution in [0, 0.1) is 6.92 Å². The Labute approximate surface area is 200 Å². The van der Waals surface area contributed by atoms with Crippen LogP contribution in [0.1, 0.15) is 50.6 Å². The minimum atomic E-state index is -0.427. The van der Waals surface area contributed by atoms with E-state index in [1.54, 1.807) is 49.4 Å². The molecule has 0 radical (unpaired) electrons. The van der Waals surface area contributed by atoms with Gasteiger partial charge in [0.05, 0.1) is 29.1 Å². The molecule has 33 heavy (non-hydrogen) atoms. The largest absolute Gasteiger partial charge is 0.496 e. The Bertz CT molecular complexity index is 1270. The Morgan fingerprint density at radius 1 is 1.09 bits per heavy atom. The molecule has 0 spiro atoms. The first-order valence-electron chi connectivity index (χ1n) is 10.3. The van der Waals surface area contributed by atoms with Gasteiger partial charge in [0.1, 0.15) is 11.5 Å². The van der Waals surface area contributed by atoms with Crippen LogP contribution >= 0.6 is 23.2 Å². The molecule has 0 bridgehead atoms. The summed E-state index contributed by atoms with van der Waals surface area (Å²) in [5.74, 6) is 0.485. The Hall–Kier alpha value is -3.29. The molecular weight excluding hydrogens is 465 g/mol. The van der Waals surface area contributed by atoms with E-state index >= 15 is 0 Å². The van der Waals surface area contributed by atoms with Crippen molar-refractivity contribution in [3.05, 3.63) is 80.7 Å². The number of nitrogens with one attached hydrogen (secondary N) is 2. The van der Waals surface area contributed by atoms with Gasteiger partial charge in [-0.3, -0.25) is 9.59 Å². The normalized spacial score (nSPS) is 14.0. The summed E-state index contributed by atoms with van der Waals surface area (Å²) in [5, 5.41) is 7.90. The second kappa shape index (κ2) is 9.68. The van der Waals surface area contributed by atoms with Gasteiger partial charge in [0.2, 0.25) is 0 Å². The molecule has 0 saturated heterocycles. The second-order valence-corrected chi connectivity index (χ2v) is 8.33. The number of para-hydroxylation sites is 1. The monoisotopic (exact) mass is 485 g/mol. The number of benzene rings is 2. The van der Waals surface area contributed by atoms with Crippen LogP contribution in [-0.2, 0) is 6.42 Å². The lowest BCUT2D eigenvalue weighted by Crippen LogP contribution is -2.22. The number of hydrogen-bond acceptors (Lipinski definition) is 5. The molecule has 1 aromatic heterocycles. The van der Waals surface area contributed by atoms with Gasteiger partial charge in [0.15, 0.2) is 5.76 Å². The van der Waals surface area contributed by atoms with Crippen molar-refractivity contribution in [2.24, 2.45) is 5.10 Å². The molecular formula is C24H21Cl2N3O4. The highest BCUT2D eigenvalue weighted by molar-refractivity contribution is 6.36. The molecule has 0 atom stereocenters. The van der Waals surface area contributed by atoms with Crippen LogP contribution in [0.15, 0.2) is 52.0 Å². The summed E-state index contributed by atoms with van der Waals surface area (Å²) >= 11 is 12.1. The maximum Gasteiger partial charge on any atom is 0.291 e. The summed E-state index contributed by atoms with van der Waals surface area (Å²) in [6.07, 6.45) is 2.10. The van der Waals surface area contributed by atoms with Gasteiger partial charge in [0.25, 0.3) is 11.8 Å². The van der Waals surface area contributed by atoms with Crippen LogP contribution in [0.4, 0.5) is 5.69 Å². The lowest BCUT2D eigenvalue weighted by molar-refractivity contribution is 0.0950. The van der Waals surface area contributed by atoms with Crippen LogP contribution in [-0.4, -0.2) is 24.6 Å². The summed E-state index contributed by atoms with van der Waals surface area (Å²) in [6.45, 7) is 1.80. The fraction of sp³-hybridized carbons (Fsp3) is 0.208. The van der Waals surface area contributed by atoms with Crippen molar-refractivity contribution in [3.8, 4) is 5.75 Å². The predicted molar refractivity (Wildman–Crippen MR) is 128 cm³/mol. The fourth-order valence-electron chi connectivity index (χ4n) is 3.78. The van der Waals surface area contributed by atoms with Gasteiger partial charge in [-0.05, 0) is 50.1 Å². The molecule has 0 unspecified atom stereocenters. The number of hydrogen-bond donors (Lipinski definition) is 2. The number of fused-ring (bicyclic) bond motifs is 1. The van der Waals surface area contributed by atoms with Crippen LogP contribution in [0.2, 0.25) is 10.0 Å². The van der Waals surface area contributed by atoms with E-state index in [1.165, 1.54) is 7.11 Å². The van der Waals surface area contributed by atoms with Gasteiger partial charge in [0, 0.05) is 22.6 Å². The smallest absolute Gasteiger partial charge is 0.291 e. The number of nitrogens with zero attached hydrogens (tertiary/aromatic N) is 1. The molecule has 0 saturated carbocycles. The molecule has 2 N–H and O–H groups in total. The molecule has 1 aliphatic carbocycles. The molecule has 1 aliphatic rings. The third kappa shape index (κ3) is 4.74. The summed E-state index contributed by atoms with van der Waals surface area (Å²) in [7, 11) is 1.50. The van der Waals surface area contributed by atoms with Crippen molar-refractivity contribution in [3.63, 3.8) is 0 Å². The van der Waals surface area contributed by atoms with Crippen LogP contribution in [0.25, 0.3) is 0 Å². The Morgan fingerprint density at radius 2 is 1.88 bits per heavy atom. The number of methoxy groups -OCH3 is 1. The minimum Gasteiger partial charge on any atom is -0.496 e. The Morgan fingerprint density at radius 3 is 2.64 bits per heavy atom. The van der Waals surface area contributed by atoms with E-state index in [-0.39, 0.29) is 11.7 Å². The molecule has 170 valence electrons. The van der Waals surface area contributed by atoms with Gasteiger partial charge in [-0.2, -0.15) is 5.10 Å².